The largest absolute Gasteiger partial charge is 0.496 e. The standard InChI is InChI=1S/C18H28N2O3/c1-12(10-13-8-6-7-9-16(13)22-5)19-14-11-15(14)20-17(21)23-18(2,3)4/h6-9,12,14-15,19H,10-11H2,1-5H3,(H,20,21). The molecule has 3 atom stereocenters. The molecule has 1 aliphatic carbocycles. The fourth-order valence-corrected chi connectivity index (χ4v) is 2.62. The Morgan fingerprint density at radius 3 is 2.65 bits per heavy atom. The number of amides is 1. The summed E-state index contributed by atoms with van der Waals surface area (Å²) in [5.41, 5.74) is 0.728. The number of benzene rings is 1. The lowest BCUT2D eigenvalue weighted by Gasteiger charge is -2.20. The average molecular weight is 320 g/mol. The lowest BCUT2D eigenvalue weighted by Crippen LogP contribution is -2.39. The summed E-state index contributed by atoms with van der Waals surface area (Å²) >= 11 is 0. The van der Waals surface area contributed by atoms with Crippen LogP contribution in [0.1, 0.15) is 39.7 Å². The minimum absolute atomic E-state index is 0.157. The van der Waals surface area contributed by atoms with Crippen molar-refractivity contribution in [3.8, 4) is 5.75 Å². The van der Waals surface area contributed by atoms with Gasteiger partial charge in [0.25, 0.3) is 0 Å². The molecule has 1 amide bonds. The number of rotatable bonds is 6. The number of para-hydroxylation sites is 1. The van der Waals surface area contributed by atoms with Crippen LogP contribution in [0, 0.1) is 0 Å². The van der Waals surface area contributed by atoms with Crippen LogP contribution >= 0.6 is 0 Å². The maximum Gasteiger partial charge on any atom is 0.407 e. The second-order valence-electron chi connectivity index (χ2n) is 7.18. The van der Waals surface area contributed by atoms with Crippen molar-refractivity contribution in [3.63, 3.8) is 0 Å². The molecule has 0 aliphatic heterocycles. The van der Waals surface area contributed by atoms with Crippen LogP contribution in [-0.2, 0) is 11.2 Å². The van der Waals surface area contributed by atoms with Gasteiger partial charge in [0.1, 0.15) is 11.4 Å². The van der Waals surface area contributed by atoms with Gasteiger partial charge in [0.05, 0.1) is 7.11 Å². The third kappa shape index (κ3) is 5.75. The minimum Gasteiger partial charge on any atom is -0.496 e. The maximum atomic E-state index is 11.7. The normalized spacial score (nSPS) is 21.4. The van der Waals surface area contributed by atoms with Crippen molar-refractivity contribution in [1.82, 2.24) is 10.6 Å². The molecule has 3 unspecified atom stereocenters. The van der Waals surface area contributed by atoms with E-state index in [1.807, 2.05) is 39.0 Å². The number of carbonyl (C=O) groups excluding carboxylic acids is 1. The number of hydrogen-bond acceptors (Lipinski definition) is 4. The third-order valence-corrected chi connectivity index (χ3v) is 3.71. The Bertz CT molecular complexity index is 539. The Kier molecular flexibility index (Phi) is 5.52. The fourth-order valence-electron chi connectivity index (χ4n) is 2.62. The molecule has 0 radical (unpaired) electrons. The van der Waals surface area contributed by atoms with E-state index in [-0.39, 0.29) is 12.1 Å². The van der Waals surface area contributed by atoms with Gasteiger partial charge in [-0.25, -0.2) is 4.79 Å². The SMILES string of the molecule is COc1ccccc1CC(C)NC1CC1NC(=O)OC(C)(C)C. The van der Waals surface area contributed by atoms with Crippen LogP contribution in [0.5, 0.6) is 5.75 Å². The minimum atomic E-state index is -0.459. The lowest BCUT2D eigenvalue weighted by molar-refractivity contribution is 0.0522. The smallest absolute Gasteiger partial charge is 0.407 e. The molecule has 0 saturated heterocycles. The number of methoxy groups -OCH3 is 1. The first-order valence-corrected chi connectivity index (χ1v) is 8.16. The topological polar surface area (TPSA) is 59.6 Å². The Balaban J connectivity index is 1.75. The second-order valence-corrected chi connectivity index (χ2v) is 7.18. The van der Waals surface area contributed by atoms with Gasteiger partial charge >= 0.3 is 6.09 Å². The molecule has 1 aromatic carbocycles. The first kappa shape index (κ1) is 17.6. The average Bonchev–Trinajstić information content (AvgIpc) is 3.14. The highest BCUT2D eigenvalue weighted by Gasteiger charge is 2.39. The lowest BCUT2D eigenvalue weighted by atomic mass is 10.1. The summed E-state index contributed by atoms with van der Waals surface area (Å²) in [5.74, 6) is 0.917. The van der Waals surface area contributed by atoms with Gasteiger partial charge in [-0.3, -0.25) is 0 Å². The zero-order valence-electron chi connectivity index (χ0n) is 14.7. The Morgan fingerprint density at radius 1 is 1.30 bits per heavy atom. The van der Waals surface area contributed by atoms with Crippen molar-refractivity contribution < 1.29 is 14.3 Å². The van der Waals surface area contributed by atoms with Gasteiger partial charge in [0, 0.05) is 18.1 Å². The Morgan fingerprint density at radius 2 is 2.00 bits per heavy atom. The number of ether oxygens (including phenoxy) is 2. The van der Waals surface area contributed by atoms with E-state index in [4.69, 9.17) is 9.47 Å². The molecular weight excluding hydrogens is 292 g/mol. The summed E-state index contributed by atoms with van der Waals surface area (Å²) < 4.78 is 10.7. The zero-order chi connectivity index (χ0) is 17.0. The van der Waals surface area contributed by atoms with Gasteiger partial charge in [0.2, 0.25) is 0 Å². The molecule has 0 heterocycles. The highest BCUT2D eigenvalue weighted by atomic mass is 16.6. The quantitative estimate of drug-likeness (QED) is 0.846. The summed E-state index contributed by atoms with van der Waals surface area (Å²) in [6.45, 7) is 7.74. The highest BCUT2D eigenvalue weighted by Crippen LogP contribution is 2.24. The first-order valence-electron chi connectivity index (χ1n) is 8.16. The third-order valence-electron chi connectivity index (χ3n) is 3.71. The van der Waals surface area contributed by atoms with E-state index in [1.165, 1.54) is 5.56 Å². The van der Waals surface area contributed by atoms with Crippen molar-refractivity contribution in [3.05, 3.63) is 29.8 Å². The van der Waals surface area contributed by atoms with Crippen LogP contribution in [-0.4, -0.2) is 36.9 Å². The highest BCUT2D eigenvalue weighted by molar-refractivity contribution is 5.68. The van der Waals surface area contributed by atoms with Gasteiger partial charge in [-0.15, -0.1) is 0 Å². The van der Waals surface area contributed by atoms with Crippen molar-refractivity contribution in [2.75, 3.05) is 7.11 Å². The van der Waals surface area contributed by atoms with E-state index < -0.39 is 5.60 Å². The van der Waals surface area contributed by atoms with E-state index in [2.05, 4.69) is 23.6 Å². The monoisotopic (exact) mass is 320 g/mol. The fraction of sp³-hybridized carbons (Fsp3) is 0.611. The van der Waals surface area contributed by atoms with Gasteiger partial charge in [-0.2, -0.15) is 0 Å². The molecule has 0 aromatic heterocycles. The van der Waals surface area contributed by atoms with Crippen molar-refractivity contribution in [2.45, 2.75) is 64.3 Å². The van der Waals surface area contributed by atoms with Crippen molar-refractivity contribution in [2.24, 2.45) is 0 Å². The molecular formula is C18H28N2O3. The van der Waals surface area contributed by atoms with Crippen LogP contribution in [0.15, 0.2) is 24.3 Å². The van der Waals surface area contributed by atoms with E-state index in [1.54, 1.807) is 7.11 Å². The van der Waals surface area contributed by atoms with Crippen LogP contribution in [0.3, 0.4) is 0 Å². The van der Waals surface area contributed by atoms with Crippen LogP contribution < -0.4 is 15.4 Å². The molecule has 2 rings (SSSR count). The summed E-state index contributed by atoms with van der Waals surface area (Å²) in [6.07, 6.45) is 1.49. The van der Waals surface area contributed by atoms with Gasteiger partial charge in [-0.05, 0) is 52.2 Å². The molecule has 128 valence electrons. The molecule has 1 saturated carbocycles. The summed E-state index contributed by atoms with van der Waals surface area (Å²) in [4.78, 5) is 11.7. The molecule has 1 fully saturated rings. The molecule has 2 N–H and O–H groups in total. The summed E-state index contributed by atoms with van der Waals surface area (Å²) in [5, 5.41) is 6.45. The predicted octanol–water partition coefficient (Wildman–Crippen LogP) is 2.88. The maximum absolute atomic E-state index is 11.7. The van der Waals surface area contributed by atoms with E-state index in [9.17, 15) is 4.79 Å². The summed E-state index contributed by atoms with van der Waals surface area (Å²) in [6, 6.07) is 8.84. The first-order chi connectivity index (χ1) is 10.8. The second kappa shape index (κ2) is 7.21. The van der Waals surface area contributed by atoms with Crippen LogP contribution in [0.25, 0.3) is 0 Å². The number of nitrogens with one attached hydrogen (secondary N) is 2. The van der Waals surface area contributed by atoms with Gasteiger partial charge in [0.15, 0.2) is 0 Å². The molecule has 5 nitrogen and oxygen atoms in total. The molecule has 23 heavy (non-hydrogen) atoms. The van der Waals surface area contributed by atoms with Crippen molar-refractivity contribution in [1.29, 1.82) is 0 Å². The number of hydrogen-bond donors (Lipinski definition) is 2. The van der Waals surface area contributed by atoms with Crippen molar-refractivity contribution >= 4 is 6.09 Å². The van der Waals surface area contributed by atoms with E-state index in [0.717, 1.165) is 18.6 Å². The molecule has 1 aliphatic rings. The molecule has 0 bridgehead atoms. The predicted molar refractivity (Wildman–Crippen MR) is 90.9 cm³/mol. The van der Waals surface area contributed by atoms with Gasteiger partial charge in [-0.1, -0.05) is 18.2 Å². The van der Waals surface area contributed by atoms with E-state index in [0.29, 0.717) is 12.1 Å². The molecule has 0 spiro atoms. The number of carbonyl (C=O) groups is 1. The molecule has 1 aromatic rings. The summed E-state index contributed by atoms with van der Waals surface area (Å²) in [7, 11) is 1.69. The van der Waals surface area contributed by atoms with Crippen LogP contribution in [0.4, 0.5) is 4.79 Å². The Labute approximate surface area is 138 Å². The zero-order valence-corrected chi connectivity index (χ0v) is 14.7. The van der Waals surface area contributed by atoms with Crippen LogP contribution in [0.2, 0.25) is 0 Å². The van der Waals surface area contributed by atoms with Gasteiger partial charge < -0.3 is 20.1 Å². The molecule has 5 heteroatoms. The Hall–Kier alpha value is -1.75. The van der Waals surface area contributed by atoms with E-state index >= 15 is 0 Å². The number of alkyl carbamates (subject to hydrolysis) is 1.